The Balaban J connectivity index is 2.42. The summed E-state index contributed by atoms with van der Waals surface area (Å²) in [5, 5.41) is 2.71. The van der Waals surface area contributed by atoms with Crippen molar-refractivity contribution in [1.29, 1.82) is 0 Å². The highest BCUT2D eigenvalue weighted by atomic mass is 16.1. The van der Waals surface area contributed by atoms with Crippen molar-refractivity contribution < 1.29 is 4.79 Å². The molecular weight excluding hydrogens is 192 g/mol. The van der Waals surface area contributed by atoms with Gasteiger partial charge in [-0.05, 0) is 12.1 Å². The number of hydrogen-bond acceptors (Lipinski definition) is 3. The van der Waals surface area contributed by atoms with E-state index in [0.29, 0.717) is 11.5 Å². The largest absolute Gasteiger partial charge is 0.323 e. The van der Waals surface area contributed by atoms with E-state index in [0.717, 1.165) is 0 Å². The predicted octanol–water partition coefficient (Wildman–Crippen LogP) is 1.23. The summed E-state index contributed by atoms with van der Waals surface area (Å²) in [5.74, 6) is 0.537. The Morgan fingerprint density at radius 3 is 3.00 bits per heavy atom. The van der Waals surface area contributed by atoms with Crippen LogP contribution < -0.4 is 5.32 Å². The fraction of sp³-hybridized carbons (Fsp3) is 0.100. The Kier molecular flexibility index (Phi) is 2.45. The van der Waals surface area contributed by atoms with Crippen LogP contribution in [0, 0.1) is 0 Å². The highest BCUT2D eigenvalue weighted by Gasteiger charge is 2.05. The molecule has 2 rings (SSSR count). The Labute approximate surface area is 86.8 Å². The highest BCUT2D eigenvalue weighted by Crippen LogP contribution is 2.16. The van der Waals surface area contributed by atoms with Gasteiger partial charge in [0.05, 0.1) is 5.69 Å². The lowest BCUT2D eigenvalue weighted by molar-refractivity contribution is -0.114. The van der Waals surface area contributed by atoms with Crippen molar-refractivity contribution in [1.82, 2.24) is 14.5 Å². The molecule has 0 aliphatic carbocycles. The van der Waals surface area contributed by atoms with E-state index in [4.69, 9.17) is 0 Å². The minimum absolute atomic E-state index is 0.121. The van der Waals surface area contributed by atoms with E-state index in [9.17, 15) is 4.79 Å². The quantitative estimate of drug-likeness (QED) is 0.796. The van der Waals surface area contributed by atoms with Crippen LogP contribution in [0.5, 0.6) is 0 Å². The molecule has 0 radical (unpaired) electrons. The van der Waals surface area contributed by atoms with E-state index in [1.807, 2.05) is 0 Å². The summed E-state index contributed by atoms with van der Waals surface area (Å²) in [6.07, 6.45) is 6.73. The average molecular weight is 202 g/mol. The lowest BCUT2D eigenvalue weighted by Crippen LogP contribution is -2.09. The average Bonchev–Trinajstić information content (AvgIpc) is 2.70. The zero-order valence-electron chi connectivity index (χ0n) is 8.21. The molecule has 0 aliphatic rings. The molecule has 0 aliphatic heterocycles. The zero-order chi connectivity index (χ0) is 10.7. The minimum Gasteiger partial charge on any atom is -0.323 e. The Morgan fingerprint density at radius 1 is 1.47 bits per heavy atom. The van der Waals surface area contributed by atoms with E-state index in [-0.39, 0.29) is 5.91 Å². The maximum Gasteiger partial charge on any atom is 0.221 e. The van der Waals surface area contributed by atoms with Gasteiger partial charge >= 0.3 is 0 Å². The number of nitrogens with zero attached hydrogens (tertiary/aromatic N) is 3. The smallest absolute Gasteiger partial charge is 0.221 e. The molecular formula is C10H10N4O. The topological polar surface area (TPSA) is 59.8 Å². The number of carbonyl (C=O) groups is 1. The van der Waals surface area contributed by atoms with Gasteiger partial charge in [0.2, 0.25) is 5.91 Å². The molecule has 2 heterocycles. The number of nitrogens with one attached hydrogen (secondary N) is 1. The van der Waals surface area contributed by atoms with Gasteiger partial charge in [-0.25, -0.2) is 9.97 Å². The number of pyridine rings is 1. The second-order valence-electron chi connectivity index (χ2n) is 3.03. The van der Waals surface area contributed by atoms with E-state index in [2.05, 4.69) is 15.3 Å². The van der Waals surface area contributed by atoms with Crippen LogP contribution in [-0.2, 0) is 4.79 Å². The molecule has 1 amide bonds. The first kappa shape index (κ1) is 9.39. The number of rotatable bonds is 2. The van der Waals surface area contributed by atoms with E-state index in [1.54, 1.807) is 41.6 Å². The van der Waals surface area contributed by atoms with Gasteiger partial charge in [-0.1, -0.05) is 0 Å². The molecule has 5 nitrogen and oxygen atoms in total. The van der Waals surface area contributed by atoms with Gasteiger partial charge in [-0.2, -0.15) is 0 Å². The van der Waals surface area contributed by atoms with Gasteiger partial charge in [0.25, 0.3) is 0 Å². The lowest BCUT2D eigenvalue weighted by Gasteiger charge is -2.08. The van der Waals surface area contributed by atoms with E-state index in [1.165, 1.54) is 6.92 Å². The Morgan fingerprint density at radius 2 is 2.33 bits per heavy atom. The van der Waals surface area contributed by atoms with Crippen molar-refractivity contribution in [2.24, 2.45) is 0 Å². The summed E-state index contributed by atoms with van der Waals surface area (Å²) < 4.78 is 1.74. The summed E-state index contributed by atoms with van der Waals surface area (Å²) in [6, 6.07) is 3.56. The van der Waals surface area contributed by atoms with Gasteiger partial charge < -0.3 is 5.32 Å². The van der Waals surface area contributed by atoms with Crippen LogP contribution in [-0.4, -0.2) is 20.4 Å². The van der Waals surface area contributed by atoms with Crippen molar-refractivity contribution in [2.45, 2.75) is 6.92 Å². The van der Waals surface area contributed by atoms with Gasteiger partial charge in [-0.3, -0.25) is 9.36 Å². The predicted molar refractivity (Wildman–Crippen MR) is 55.7 cm³/mol. The molecule has 0 saturated carbocycles. The molecule has 0 fully saturated rings. The van der Waals surface area contributed by atoms with Crippen molar-refractivity contribution in [3.63, 3.8) is 0 Å². The fourth-order valence-corrected chi connectivity index (χ4v) is 1.27. The third-order valence-corrected chi connectivity index (χ3v) is 1.85. The summed E-state index contributed by atoms with van der Waals surface area (Å²) in [6.45, 7) is 1.46. The second kappa shape index (κ2) is 3.91. The molecule has 0 aromatic carbocycles. The van der Waals surface area contributed by atoms with Crippen LogP contribution in [0.25, 0.3) is 5.82 Å². The summed E-state index contributed by atoms with van der Waals surface area (Å²) in [4.78, 5) is 19.1. The highest BCUT2D eigenvalue weighted by molar-refractivity contribution is 5.90. The summed E-state index contributed by atoms with van der Waals surface area (Å²) in [7, 11) is 0. The first-order chi connectivity index (χ1) is 7.27. The van der Waals surface area contributed by atoms with Crippen molar-refractivity contribution in [3.05, 3.63) is 37.1 Å². The first-order valence-electron chi connectivity index (χ1n) is 4.48. The SMILES string of the molecule is CC(=O)Nc1cccnc1-n1ccnc1. The number of imidazole rings is 1. The van der Waals surface area contributed by atoms with Crippen LogP contribution >= 0.6 is 0 Å². The zero-order valence-corrected chi connectivity index (χ0v) is 8.21. The normalized spacial score (nSPS) is 9.93. The number of anilines is 1. The molecule has 1 N–H and O–H groups in total. The monoisotopic (exact) mass is 202 g/mol. The molecule has 0 saturated heterocycles. The van der Waals surface area contributed by atoms with Crippen molar-refractivity contribution >= 4 is 11.6 Å². The fourth-order valence-electron chi connectivity index (χ4n) is 1.27. The molecule has 0 unspecified atom stereocenters. The Bertz CT molecular complexity index is 464. The van der Waals surface area contributed by atoms with Gasteiger partial charge in [-0.15, -0.1) is 0 Å². The van der Waals surface area contributed by atoms with E-state index >= 15 is 0 Å². The number of hydrogen-bond donors (Lipinski definition) is 1. The second-order valence-corrected chi connectivity index (χ2v) is 3.03. The third-order valence-electron chi connectivity index (χ3n) is 1.85. The molecule has 0 spiro atoms. The van der Waals surface area contributed by atoms with Crippen molar-refractivity contribution in [3.8, 4) is 5.82 Å². The summed E-state index contributed by atoms with van der Waals surface area (Å²) >= 11 is 0. The molecule has 2 aromatic rings. The molecule has 0 atom stereocenters. The van der Waals surface area contributed by atoms with Gasteiger partial charge in [0.1, 0.15) is 6.33 Å². The number of carbonyl (C=O) groups excluding carboxylic acids is 1. The lowest BCUT2D eigenvalue weighted by atomic mass is 10.3. The number of aromatic nitrogens is 3. The summed E-state index contributed by atoms with van der Waals surface area (Å²) in [5.41, 5.74) is 0.669. The van der Waals surface area contributed by atoms with Crippen molar-refractivity contribution in [2.75, 3.05) is 5.32 Å². The van der Waals surface area contributed by atoms with Crippen LogP contribution in [0.15, 0.2) is 37.1 Å². The number of amides is 1. The molecule has 0 bridgehead atoms. The van der Waals surface area contributed by atoms with Crippen LogP contribution in [0.3, 0.4) is 0 Å². The third kappa shape index (κ3) is 2.01. The van der Waals surface area contributed by atoms with E-state index < -0.39 is 0 Å². The standard InChI is InChI=1S/C10H10N4O/c1-8(15)13-9-3-2-4-12-10(9)14-6-5-11-7-14/h2-7H,1H3,(H,13,15). The maximum atomic E-state index is 11.0. The van der Waals surface area contributed by atoms with Gasteiger partial charge in [0, 0.05) is 25.5 Å². The minimum atomic E-state index is -0.121. The van der Waals surface area contributed by atoms with Crippen LogP contribution in [0.2, 0.25) is 0 Å². The maximum absolute atomic E-state index is 11.0. The van der Waals surface area contributed by atoms with Crippen LogP contribution in [0.1, 0.15) is 6.92 Å². The molecule has 15 heavy (non-hydrogen) atoms. The Hall–Kier alpha value is -2.17. The molecule has 2 aromatic heterocycles. The van der Waals surface area contributed by atoms with Gasteiger partial charge in [0.15, 0.2) is 5.82 Å². The molecule has 5 heteroatoms. The van der Waals surface area contributed by atoms with Crippen LogP contribution in [0.4, 0.5) is 5.69 Å². The molecule has 76 valence electrons. The first-order valence-corrected chi connectivity index (χ1v) is 4.48.